The first-order valence-corrected chi connectivity index (χ1v) is 10.0. The van der Waals surface area contributed by atoms with Crippen molar-refractivity contribution >= 4 is 6.03 Å². The molecule has 5 nitrogen and oxygen atoms in total. The molecule has 148 valence electrons. The summed E-state index contributed by atoms with van der Waals surface area (Å²) in [5.41, 5.74) is 2.36. The smallest absolute Gasteiger partial charge is 0.317 e. The number of nitrogens with one attached hydrogen (secondary N) is 1. The lowest BCUT2D eigenvalue weighted by Crippen LogP contribution is -2.53. The van der Waals surface area contributed by atoms with Crippen molar-refractivity contribution in [2.45, 2.75) is 30.7 Å². The van der Waals surface area contributed by atoms with Crippen LogP contribution in [-0.2, 0) is 10.2 Å². The first-order valence-electron chi connectivity index (χ1n) is 10.0. The van der Waals surface area contributed by atoms with Crippen LogP contribution in [0.3, 0.4) is 0 Å². The molecule has 2 aromatic carbocycles. The Kier molecular flexibility index (Phi) is 5.53. The van der Waals surface area contributed by atoms with E-state index in [4.69, 9.17) is 9.47 Å². The van der Waals surface area contributed by atoms with Gasteiger partial charge in [0.2, 0.25) is 0 Å². The van der Waals surface area contributed by atoms with Crippen molar-refractivity contribution in [1.29, 1.82) is 0 Å². The average molecular weight is 380 g/mol. The Hall–Kier alpha value is -2.53. The van der Waals surface area contributed by atoms with E-state index in [-0.39, 0.29) is 17.5 Å². The summed E-state index contributed by atoms with van der Waals surface area (Å²) in [6.45, 7) is 2.90. The fraction of sp³-hybridized carbons (Fsp3) is 0.435. The second-order valence-corrected chi connectivity index (χ2v) is 7.69. The molecule has 2 aromatic rings. The number of hydrogen-bond acceptors (Lipinski definition) is 3. The summed E-state index contributed by atoms with van der Waals surface area (Å²) in [5, 5.41) is 3.22. The summed E-state index contributed by atoms with van der Waals surface area (Å²) in [4.78, 5) is 14.9. The lowest BCUT2D eigenvalue weighted by Gasteiger charge is -2.43. The highest BCUT2D eigenvalue weighted by atomic mass is 16.5. The van der Waals surface area contributed by atoms with Crippen molar-refractivity contribution in [2.24, 2.45) is 0 Å². The second kappa shape index (κ2) is 8.23. The molecule has 4 rings (SSSR count). The van der Waals surface area contributed by atoms with Crippen LogP contribution in [0.25, 0.3) is 0 Å². The van der Waals surface area contributed by atoms with Crippen molar-refractivity contribution in [1.82, 2.24) is 10.2 Å². The molecular formula is C23H28N2O3. The average Bonchev–Trinajstić information content (AvgIpc) is 2.73. The molecule has 0 aromatic heterocycles. The van der Waals surface area contributed by atoms with Crippen LogP contribution in [0, 0.1) is 0 Å². The quantitative estimate of drug-likeness (QED) is 0.856. The standard InChI is InChI=1S/C23H28N2O3/c1-27-20-9-5-6-18(16-20)21-10-13-25(21)22(26)24-17-23(11-14-28-15-12-23)19-7-3-2-4-8-19/h2-9,16,21H,10-15,17H2,1H3,(H,24,26). The molecule has 0 spiro atoms. The maximum absolute atomic E-state index is 12.9. The zero-order chi connectivity index (χ0) is 19.4. The van der Waals surface area contributed by atoms with E-state index in [1.807, 2.05) is 29.2 Å². The van der Waals surface area contributed by atoms with Crippen molar-refractivity contribution in [3.05, 3.63) is 65.7 Å². The van der Waals surface area contributed by atoms with Gasteiger partial charge >= 0.3 is 6.03 Å². The maximum Gasteiger partial charge on any atom is 0.317 e. The van der Waals surface area contributed by atoms with Crippen LogP contribution in [0.5, 0.6) is 5.75 Å². The van der Waals surface area contributed by atoms with Gasteiger partial charge in [0.25, 0.3) is 0 Å². The van der Waals surface area contributed by atoms with Crippen molar-refractivity contribution < 1.29 is 14.3 Å². The second-order valence-electron chi connectivity index (χ2n) is 7.69. The molecular weight excluding hydrogens is 352 g/mol. The Bertz CT molecular complexity index is 803. The van der Waals surface area contributed by atoms with E-state index in [1.165, 1.54) is 5.56 Å². The number of rotatable bonds is 5. The minimum atomic E-state index is -0.0501. The van der Waals surface area contributed by atoms with Gasteiger partial charge < -0.3 is 19.7 Å². The highest BCUT2D eigenvalue weighted by molar-refractivity contribution is 5.76. The van der Waals surface area contributed by atoms with Crippen LogP contribution in [0.1, 0.15) is 36.4 Å². The van der Waals surface area contributed by atoms with E-state index in [1.54, 1.807) is 7.11 Å². The lowest BCUT2D eigenvalue weighted by atomic mass is 9.74. The number of carbonyl (C=O) groups is 1. The molecule has 0 saturated carbocycles. The highest BCUT2D eigenvalue weighted by Gasteiger charge is 2.37. The topological polar surface area (TPSA) is 50.8 Å². The third kappa shape index (κ3) is 3.72. The summed E-state index contributed by atoms with van der Waals surface area (Å²) >= 11 is 0. The number of benzene rings is 2. The molecule has 28 heavy (non-hydrogen) atoms. The van der Waals surface area contributed by atoms with Gasteiger partial charge in [-0.1, -0.05) is 42.5 Å². The molecule has 2 aliphatic heterocycles. The number of likely N-dealkylation sites (tertiary alicyclic amines) is 1. The third-order valence-electron chi connectivity index (χ3n) is 6.17. The molecule has 0 aliphatic carbocycles. The summed E-state index contributed by atoms with van der Waals surface area (Å²) in [5.74, 6) is 0.829. The zero-order valence-corrected chi connectivity index (χ0v) is 16.4. The molecule has 0 radical (unpaired) electrons. The normalized spacial score (nSPS) is 20.9. The number of ether oxygens (including phenoxy) is 2. The van der Waals surface area contributed by atoms with Crippen LogP contribution in [0.15, 0.2) is 54.6 Å². The number of carbonyl (C=O) groups excluding carboxylic acids is 1. The fourth-order valence-electron chi connectivity index (χ4n) is 4.29. The van der Waals surface area contributed by atoms with E-state index in [0.29, 0.717) is 6.54 Å². The lowest BCUT2D eigenvalue weighted by molar-refractivity contribution is 0.0486. The summed E-state index contributed by atoms with van der Waals surface area (Å²) in [6, 6.07) is 18.7. The first-order chi connectivity index (χ1) is 13.7. The predicted molar refractivity (Wildman–Crippen MR) is 109 cm³/mol. The van der Waals surface area contributed by atoms with Gasteiger partial charge in [-0.15, -0.1) is 0 Å². The van der Waals surface area contributed by atoms with Crippen molar-refractivity contribution in [3.8, 4) is 5.75 Å². The van der Waals surface area contributed by atoms with Gasteiger partial charge in [0, 0.05) is 31.7 Å². The highest BCUT2D eigenvalue weighted by Crippen LogP contribution is 2.36. The number of nitrogens with zero attached hydrogens (tertiary/aromatic N) is 1. The Labute approximate surface area is 166 Å². The summed E-state index contributed by atoms with van der Waals surface area (Å²) in [6.07, 6.45) is 2.84. The van der Waals surface area contributed by atoms with Crippen LogP contribution in [0.2, 0.25) is 0 Å². The maximum atomic E-state index is 12.9. The predicted octanol–water partition coefficient (Wildman–Crippen LogP) is 3.90. The van der Waals surface area contributed by atoms with Gasteiger partial charge in [-0.25, -0.2) is 4.79 Å². The third-order valence-corrected chi connectivity index (χ3v) is 6.17. The molecule has 1 atom stereocenters. The molecule has 1 N–H and O–H groups in total. The van der Waals surface area contributed by atoms with E-state index in [0.717, 1.165) is 50.3 Å². The summed E-state index contributed by atoms with van der Waals surface area (Å²) < 4.78 is 10.9. The molecule has 1 unspecified atom stereocenters. The molecule has 2 aliphatic rings. The molecule has 2 saturated heterocycles. The molecule has 2 amide bonds. The number of methoxy groups -OCH3 is 1. The van der Waals surface area contributed by atoms with Gasteiger partial charge in [-0.05, 0) is 42.5 Å². The van der Waals surface area contributed by atoms with E-state index >= 15 is 0 Å². The molecule has 2 fully saturated rings. The largest absolute Gasteiger partial charge is 0.497 e. The van der Waals surface area contributed by atoms with Gasteiger partial charge in [-0.3, -0.25) is 0 Å². The molecule has 2 heterocycles. The van der Waals surface area contributed by atoms with Crippen LogP contribution in [0.4, 0.5) is 4.79 Å². The van der Waals surface area contributed by atoms with Crippen LogP contribution >= 0.6 is 0 Å². The Balaban J connectivity index is 1.44. The Morgan fingerprint density at radius 1 is 1.18 bits per heavy atom. The number of amides is 2. The Morgan fingerprint density at radius 2 is 1.96 bits per heavy atom. The van der Waals surface area contributed by atoms with Gasteiger partial charge in [0.05, 0.1) is 13.2 Å². The van der Waals surface area contributed by atoms with Gasteiger partial charge in [-0.2, -0.15) is 0 Å². The van der Waals surface area contributed by atoms with E-state index < -0.39 is 0 Å². The number of urea groups is 1. The van der Waals surface area contributed by atoms with E-state index in [2.05, 4.69) is 35.6 Å². The van der Waals surface area contributed by atoms with E-state index in [9.17, 15) is 4.79 Å². The van der Waals surface area contributed by atoms with Gasteiger partial charge in [0.1, 0.15) is 5.75 Å². The van der Waals surface area contributed by atoms with Crippen molar-refractivity contribution in [3.63, 3.8) is 0 Å². The zero-order valence-electron chi connectivity index (χ0n) is 16.4. The molecule has 5 heteroatoms. The monoisotopic (exact) mass is 380 g/mol. The number of hydrogen-bond donors (Lipinski definition) is 1. The van der Waals surface area contributed by atoms with Gasteiger partial charge in [0.15, 0.2) is 0 Å². The summed E-state index contributed by atoms with van der Waals surface area (Å²) in [7, 11) is 1.67. The molecule has 0 bridgehead atoms. The Morgan fingerprint density at radius 3 is 2.64 bits per heavy atom. The fourth-order valence-corrected chi connectivity index (χ4v) is 4.29. The first kappa shape index (κ1) is 18.8. The minimum absolute atomic E-state index is 0.0147. The van der Waals surface area contributed by atoms with Crippen LogP contribution in [-0.4, -0.2) is 44.3 Å². The SMILES string of the molecule is COc1cccc(C2CCN2C(=O)NCC2(c3ccccc3)CCOCC2)c1. The van der Waals surface area contributed by atoms with Crippen LogP contribution < -0.4 is 10.1 Å². The van der Waals surface area contributed by atoms with Crippen molar-refractivity contribution in [2.75, 3.05) is 33.4 Å². The minimum Gasteiger partial charge on any atom is -0.497 e.